The topological polar surface area (TPSA) is 64.2 Å². The van der Waals surface area contributed by atoms with E-state index < -0.39 is 5.76 Å². The zero-order valence-corrected chi connectivity index (χ0v) is 12.5. The molecule has 0 aliphatic rings. The second kappa shape index (κ2) is 6.08. The van der Waals surface area contributed by atoms with Gasteiger partial charge in [0.2, 0.25) is 0 Å². The number of carbonyl (C=O) groups is 1. The highest BCUT2D eigenvalue weighted by atomic mass is 19.1. The van der Waals surface area contributed by atoms with E-state index in [0.717, 1.165) is 5.56 Å². The number of aromatic nitrogens is 1. The van der Waals surface area contributed by atoms with Crippen molar-refractivity contribution in [3.05, 3.63) is 70.0 Å². The minimum absolute atomic E-state index is 0.250. The number of rotatable bonds is 4. The number of fused-ring (bicyclic) bond motifs is 1. The third-order valence-electron chi connectivity index (χ3n) is 3.67. The SMILES string of the molecule is Cn1c(=O)oc2cc(C(=O)NCCc3ccc(F)cc3)ccc21. The monoisotopic (exact) mass is 314 g/mol. The molecule has 0 spiro atoms. The first kappa shape index (κ1) is 15.0. The van der Waals surface area contributed by atoms with Crippen molar-refractivity contribution in [1.82, 2.24) is 9.88 Å². The molecule has 0 aliphatic carbocycles. The number of carbonyl (C=O) groups excluding carboxylic acids is 1. The fraction of sp³-hybridized carbons (Fsp3) is 0.176. The first-order chi connectivity index (χ1) is 11.0. The van der Waals surface area contributed by atoms with E-state index in [9.17, 15) is 14.0 Å². The summed E-state index contributed by atoms with van der Waals surface area (Å²) in [6.07, 6.45) is 0.606. The van der Waals surface area contributed by atoms with Gasteiger partial charge in [-0.3, -0.25) is 9.36 Å². The van der Waals surface area contributed by atoms with Crippen LogP contribution in [0.3, 0.4) is 0 Å². The van der Waals surface area contributed by atoms with Crippen LogP contribution >= 0.6 is 0 Å². The number of hydrogen-bond acceptors (Lipinski definition) is 3. The predicted molar refractivity (Wildman–Crippen MR) is 83.9 cm³/mol. The Kier molecular flexibility index (Phi) is 3.97. The summed E-state index contributed by atoms with van der Waals surface area (Å²) in [4.78, 5) is 23.6. The highest BCUT2D eigenvalue weighted by molar-refractivity contribution is 5.97. The number of halogens is 1. The highest BCUT2D eigenvalue weighted by Gasteiger charge is 2.10. The van der Waals surface area contributed by atoms with Gasteiger partial charge in [0.05, 0.1) is 5.52 Å². The number of aryl methyl sites for hydroxylation is 1. The molecule has 3 aromatic rings. The third-order valence-corrected chi connectivity index (χ3v) is 3.67. The molecule has 0 saturated heterocycles. The van der Waals surface area contributed by atoms with Gasteiger partial charge in [-0.15, -0.1) is 0 Å². The molecule has 3 rings (SSSR count). The van der Waals surface area contributed by atoms with E-state index in [1.54, 1.807) is 37.4 Å². The smallest absolute Gasteiger partial charge is 0.408 e. The second-order valence-electron chi connectivity index (χ2n) is 5.24. The summed E-state index contributed by atoms with van der Waals surface area (Å²) in [7, 11) is 1.61. The van der Waals surface area contributed by atoms with Crippen molar-refractivity contribution in [3.8, 4) is 0 Å². The number of hydrogen-bond donors (Lipinski definition) is 1. The molecule has 0 atom stereocenters. The van der Waals surface area contributed by atoms with E-state index in [4.69, 9.17) is 4.42 Å². The Morgan fingerprint density at radius 2 is 1.96 bits per heavy atom. The van der Waals surface area contributed by atoms with E-state index >= 15 is 0 Å². The molecule has 2 aromatic carbocycles. The summed E-state index contributed by atoms with van der Waals surface area (Å²) in [6.45, 7) is 0.432. The quantitative estimate of drug-likeness (QED) is 0.803. The Labute approximate surface area is 131 Å². The summed E-state index contributed by atoms with van der Waals surface area (Å²) in [6, 6.07) is 11.0. The molecule has 5 nitrogen and oxygen atoms in total. The fourth-order valence-corrected chi connectivity index (χ4v) is 2.35. The van der Waals surface area contributed by atoms with E-state index in [1.165, 1.54) is 16.7 Å². The van der Waals surface area contributed by atoms with Crippen LogP contribution in [0.4, 0.5) is 4.39 Å². The number of amides is 1. The maximum Gasteiger partial charge on any atom is 0.419 e. The van der Waals surface area contributed by atoms with Gasteiger partial charge in [-0.05, 0) is 42.3 Å². The third kappa shape index (κ3) is 3.15. The summed E-state index contributed by atoms with van der Waals surface area (Å²) >= 11 is 0. The highest BCUT2D eigenvalue weighted by Crippen LogP contribution is 2.14. The molecular formula is C17H15FN2O3. The van der Waals surface area contributed by atoms with Crippen molar-refractivity contribution in [3.63, 3.8) is 0 Å². The standard InChI is InChI=1S/C17H15FN2O3/c1-20-14-7-4-12(10-15(14)23-17(20)22)16(21)19-9-8-11-2-5-13(18)6-3-11/h2-7,10H,8-9H2,1H3,(H,19,21). The van der Waals surface area contributed by atoms with Crippen molar-refractivity contribution in [1.29, 1.82) is 0 Å². The summed E-state index contributed by atoms with van der Waals surface area (Å²) < 4.78 is 19.3. The second-order valence-corrected chi connectivity index (χ2v) is 5.24. The maximum atomic E-state index is 12.8. The molecule has 118 valence electrons. The number of oxazole rings is 1. The van der Waals surface area contributed by atoms with E-state index in [1.807, 2.05) is 0 Å². The normalized spacial score (nSPS) is 10.9. The Balaban J connectivity index is 1.66. The van der Waals surface area contributed by atoms with Crippen molar-refractivity contribution < 1.29 is 13.6 Å². The first-order valence-corrected chi connectivity index (χ1v) is 7.17. The van der Waals surface area contributed by atoms with Crippen molar-refractivity contribution in [2.75, 3.05) is 6.54 Å². The average molecular weight is 314 g/mol. The lowest BCUT2D eigenvalue weighted by atomic mass is 10.1. The van der Waals surface area contributed by atoms with Crippen molar-refractivity contribution in [2.45, 2.75) is 6.42 Å². The van der Waals surface area contributed by atoms with E-state index in [2.05, 4.69) is 5.32 Å². The lowest BCUT2D eigenvalue weighted by molar-refractivity contribution is 0.0954. The molecular weight excluding hydrogens is 299 g/mol. The maximum absolute atomic E-state index is 12.8. The predicted octanol–water partition coefficient (Wildman–Crippen LogP) is 2.24. The van der Waals surface area contributed by atoms with Gasteiger partial charge in [0.1, 0.15) is 5.82 Å². The van der Waals surface area contributed by atoms with Crippen LogP contribution in [0.5, 0.6) is 0 Å². The minimum Gasteiger partial charge on any atom is -0.408 e. The van der Waals surface area contributed by atoms with Gasteiger partial charge in [-0.1, -0.05) is 12.1 Å². The van der Waals surface area contributed by atoms with Crippen molar-refractivity contribution in [2.24, 2.45) is 7.05 Å². The van der Waals surface area contributed by atoms with Gasteiger partial charge in [0, 0.05) is 19.2 Å². The summed E-state index contributed by atoms with van der Waals surface area (Å²) in [5, 5.41) is 2.79. The van der Waals surface area contributed by atoms with Crippen LogP contribution in [-0.4, -0.2) is 17.0 Å². The van der Waals surface area contributed by atoms with Gasteiger partial charge < -0.3 is 9.73 Å². The number of nitrogens with one attached hydrogen (secondary N) is 1. The molecule has 0 radical (unpaired) electrons. The number of nitrogens with zero attached hydrogens (tertiary/aromatic N) is 1. The van der Waals surface area contributed by atoms with Gasteiger partial charge in [-0.2, -0.15) is 0 Å². The molecule has 1 amide bonds. The lowest BCUT2D eigenvalue weighted by Gasteiger charge is -2.05. The van der Waals surface area contributed by atoms with Crippen LogP contribution in [-0.2, 0) is 13.5 Å². The zero-order valence-electron chi connectivity index (χ0n) is 12.5. The Hall–Kier alpha value is -2.89. The Bertz CT molecular complexity index is 910. The Morgan fingerprint density at radius 3 is 2.70 bits per heavy atom. The average Bonchev–Trinajstić information content (AvgIpc) is 2.83. The van der Waals surface area contributed by atoms with Crippen LogP contribution < -0.4 is 11.1 Å². The number of benzene rings is 2. The molecule has 0 bridgehead atoms. The zero-order chi connectivity index (χ0) is 16.4. The van der Waals surface area contributed by atoms with E-state index in [0.29, 0.717) is 29.6 Å². The molecule has 0 saturated carbocycles. The van der Waals surface area contributed by atoms with Gasteiger partial charge in [0.15, 0.2) is 5.58 Å². The van der Waals surface area contributed by atoms with Gasteiger partial charge in [0.25, 0.3) is 5.91 Å². The van der Waals surface area contributed by atoms with Crippen LogP contribution in [0.25, 0.3) is 11.1 Å². The molecule has 0 aliphatic heterocycles. The molecule has 1 N–H and O–H groups in total. The minimum atomic E-state index is -0.464. The summed E-state index contributed by atoms with van der Waals surface area (Å²) in [5.41, 5.74) is 2.38. The molecule has 0 fully saturated rings. The first-order valence-electron chi connectivity index (χ1n) is 7.17. The fourth-order valence-electron chi connectivity index (χ4n) is 2.35. The summed E-state index contributed by atoms with van der Waals surface area (Å²) in [5.74, 6) is -0.996. The van der Waals surface area contributed by atoms with Crippen LogP contribution in [0.1, 0.15) is 15.9 Å². The lowest BCUT2D eigenvalue weighted by Crippen LogP contribution is -2.25. The van der Waals surface area contributed by atoms with Crippen LogP contribution in [0.15, 0.2) is 51.7 Å². The van der Waals surface area contributed by atoms with Crippen LogP contribution in [0.2, 0.25) is 0 Å². The van der Waals surface area contributed by atoms with Gasteiger partial charge in [-0.25, -0.2) is 9.18 Å². The largest absolute Gasteiger partial charge is 0.419 e. The van der Waals surface area contributed by atoms with Crippen molar-refractivity contribution >= 4 is 17.0 Å². The molecule has 23 heavy (non-hydrogen) atoms. The van der Waals surface area contributed by atoms with Crippen LogP contribution in [0, 0.1) is 5.82 Å². The molecule has 0 unspecified atom stereocenters. The molecule has 6 heteroatoms. The molecule has 1 aromatic heterocycles. The molecule has 1 heterocycles. The van der Waals surface area contributed by atoms with Gasteiger partial charge >= 0.3 is 5.76 Å². The van der Waals surface area contributed by atoms with E-state index in [-0.39, 0.29) is 11.7 Å². The Morgan fingerprint density at radius 1 is 1.22 bits per heavy atom.